The zero-order valence-electron chi connectivity index (χ0n) is 9.08. The van der Waals surface area contributed by atoms with Crippen LogP contribution in [-0.2, 0) is 9.53 Å². The first-order valence-electron chi connectivity index (χ1n) is 5.35. The Hall–Kier alpha value is -0.610. The molecular weight excluding hydrogens is 180 g/mol. The maximum absolute atomic E-state index is 11.4. The number of carbonyl (C=O) groups is 1. The largest absolute Gasteiger partial charge is 0.380 e. The second-order valence-corrected chi connectivity index (χ2v) is 3.65. The predicted molar refractivity (Wildman–Crippen MR) is 54.9 cm³/mol. The number of carbonyl (C=O) groups excluding carboxylic acids is 1. The highest BCUT2D eigenvalue weighted by molar-refractivity contribution is 5.83. The number of nitrogens with one attached hydrogen (secondary N) is 1. The van der Waals surface area contributed by atoms with Crippen LogP contribution in [0.3, 0.4) is 0 Å². The molecule has 1 aliphatic heterocycles. The lowest BCUT2D eigenvalue weighted by molar-refractivity contribution is -0.129. The third kappa shape index (κ3) is 3.27. The van der Waals surface area contributed by atoms with Crippen LogP contribution >= 0.6 is 0 Å². The molecule has 4 heteroatoms. The van der Waals surface area contributed by atoms with Crippen LogP contribution in [0, 0.1) is 0 Å². The third-order valence-electron chi connectivity index (χ3n) is 2.42. The summed E-state index contributed by atoms with van der Waals surface area (Å²) in [5, 5.41) is 3.09. The van der Waals surface area contributed by atoms with Gasteiger partial charge in [0, 0.05) is 13.2 Å². The number of amides is 1. The van der Waals surface area contributed by atoms with Gasteiger partial charge < -0.3 is 9.64 Å². The Morgan fingerprint density at radius 1 is 1.57 bits per heavy atom. The molecule has 1 N–H and O–H groups in total. The predicted octanol–water partition coefficient (Wildman–Crippen LogP) is 0.581. The third-order valence-corrected chi connectivity index (χ3v) is 2.42. The number of hydrogen-bond donors (Lipinski definition) is 1. The molecule has 0 radical (unpaired) electrons. The fourth-order valence-electron chi connectivity index (χ4n) is 1.40. The molecule has 1 unspecified atom stereocenters. The summed E-state index contributed by atoms with van der Waals surface area (Å²) in [6.45, 7) is 6.86. The molecule has 0 aromatic carbocycles. The molecule has 1 heterocycles. The highest BCUT2D eigenvalue weighted by Gasteiger charge is 2.26. The Labute approximate surface area is 85.6 Å². The van der Waals surface area contributed by atoms with Gasteiger partial charge in [0.2, 0.25) is 5.91 Å². The van der Waals surface area contributed by atoms with Crippen molar-refractivity contribution in [2.24, 2.45) is 0 Å². The summed E-state index contributed by atoms with van der Waals surface area (Å²) in [6, 6.07) is -0.0226. The van der Waals surface area contributed by atoms with E-state index in [0.717, 1.165) is 19.4 Å². The van der Waals surface area contributed by atoms with Crippen LogP contribution in [0.5, 0.6) is 0 Å². The van der Waals surface area contributed by atoms with Crippen molar-refractivity contribution >= 4 is 5.91 Å². The molecule has 0 bridgehead atoms. The van der Waals surface area contributed by atoms with Gasteiger partial charge in [-0.15, -0.1) is 0 Å². The molecule has 0 saturated carbocycles. The molecule has 14 heavy (non-hydrogen) atoms. The van der Waals surface area contributed by atoms with Crippen LogP contribution in [0.4, 0.5) is 0 Å². The van der Waals surface area contributed by atoms with Gasteiger partial charge in [-0.25, -0.2) is 0 Å². The normalized spacial score (nSPS) is 22.0. The quantitative estimate of drug-likeness (QED) is 0.638. The maximum atomic E-state index is 11.4. The standard InChI is InChI=1S/C10H20N2O2/c1-3-4-6-14-7-5-12-8-11-9(2)10(12)13/h9,11H,3-8H2,1-2H3. The summed E-state index contributed by atoms with van der Waals surface area (Å²) in [6.07, 6.45) is 2.25. The summed E-state index contributed by atoms with van der Waals surface area (Å²) >= 11 is 0. The lowest BCUT2D eigenvalue weighted by Gasteiger charge is -2.14. The Morgan fingerprint density at radius 3 is 2.93 bits per heavy atom. The average molecular weight is 200 g/mol. The van der Waals surface area contributed by atoms with E-state index in [-0.39, 0.29) is 11.9 Å². The molecular formula is C10H20N2O2. The van der Waals surface area contributed by atoms with Crippen molar-refractivity contribution in [3.63, 3.8) is 0 Å². The van der Waals surface area contributed by atoms with E-state index in [1.807, 2.05) is 6.92 Å². The van der Waals surface area contributed by atoms with Gasteiger partial charge >= 0.3 is 0 Å². The number of rotatable bonds is 6. The van der Waals surface area contributed by atoms with Crippen molar-refractivity contribution in [1.29, 1.82) is 0 Å². The first kappa shape index (κ1) is 11.5. The van der Waals surface area contributed by atoms with E-state index in [9.17, 15) is 4.79 Å². The monoisotopic (exact) mass is 200 g/mol. The van der Waals surface area contributed by atoms with Crippen molar-refractivity contribution in [2.45, 2.75) is 32.7 Å². The van der Waals surface area contributed by atoms with Crippen LogP contribution < -0.4 is 5.32 Å². The van der Waals surface area contributed by atoms with Gasteiger partial charge in [-0.1, -0.05) is 13.3 Å². The Balaban J connectivity index is 2.04. The number of nitrogens with zero attached hydrogens (tertiary/aromatic N) is 1. The minimum atomic E-state index is -0.0226. The van der Waals surface area contributed by atoms with E-state index in [4.69, 9.17) is 4.74 Å². The average Bonchev–Trinajstić information content (AvgIpc) is 2.49. The van der Waals surface area contributed by atoms with Crippen molar-refractivity contribution in [3.05, 3.63) is 0 Å². The Kier molecular flexibility index (Phi) is 4.90. The second kappa shape index (κ2) is 5.98. The zero-order chi connectivity index (χ0) is 10.4. The second-order valence-electron chi connectivity index (χ2n) is 3.65. The van der Waals surface area contributed by atoms with Gasteiger partial charge in [0.05, 0.1) is 19.3 Å². The van der Waals surface area contributed by atoms with E-state index in [1.54, 1.807) is 4.90 Å². The fourth-order valence-corrected chi connectivity index (χ4v) is 1.40. The van der Waals surface area contributed by atoms with Crippen LogP contribution in [0.2, 0.25) is 0 Å². The van der Waals surface area contributed by atoms with E-state index in [2.05, 4.69) is 12.2 Å². The Morgan fingerprint density at radius 2 is 2.36 bits per heavy atom. The van der Waals surface area contributed by atoms with Gasteiger partial charge in [0.1, 0.15) is 0 Å². The van der Waals surface area contributed by atoms with Crippen molar-refractivity contribution in [3.8, 4) is 0 Å². The van der Waals surface area contributed by atoms with E-state index in [1.165, 1.54) is 0 Å². The molecule has 4 nitrogen and oxygen atoms in total. The van der Waals surface area contributed by atoms with Crippen LogP contribution in [-0.4, -0.2) is 43.3 Å². The summed E-state index contributed by atoms with van der Waals surface area (Å²) < 4.78 is 5.40. The molecule has 1 aliphatic rings. The smallest absolute Gasteiger partial charge is 0.240 e. The number of unbranched alkanes of at least 4 members (excludes halogenated alkanes) is 1. The number of ether oxygens (including phenoxy) is 1. The van der Waals surface area contributed by atoms with E-state index >= 15 is 0 Å². The summed E-state index contributed by atoms with van der Waals surface area (Å²) in [4.78, 5) is 13.2. The van der Waals surface area contributed by atoms with Gasteiger partial charge in [-0.3, -0.25) is 10.1 Å². The lowest BCUT2D eigenvalue weighted by Crippen LogP contribution is -2.31. The fraction of sp³-hybridized carbons (Fsp3) is 0.900. The topological polar surface area (TPSA) is 41.6 Å². The lowest BCUT2D eigenvalue weighted by atomic mass is 10.3. The van der Waals surface area contributed by atoms with Crippen LogP contribution in [0.1, 0.15) is 26.7 Å². The SMILES string of the molecule is CCCCOCCN1CNC(C)C1=O. The first-order valence-corrected chi connectivity index (χ1v) is 5.35. The van der Waals surface area contributed by atoms with Crippen LogP contribution in [0.25, 0.3) is 0 Å². The van der Waals surface area contributed by atoms with E-state index < -0.39 is 0 Å². The van der Waals surface area contributed by atoms with Gasteiger partial charge in [0.15, 0.2) is 0 Å². The molecule has 82 valence electrons. The highest BCUT2D eigenvalue weighted by Crippen LogP contribution is 2.01. The van der Waals surface area contributed by atoms with Gasteiger partial charge in [-0.05, 0) is 13.3 Å². The Bertz CT molecular complexity index is 185. The molecule has 1 atom stereocenters. The molecule has 0 aliphatic carbocycles. The molecule has 0 spiro atoms. The molecule has 1 amide bonds. The molecule has 0 aromatic rings. The van der Waals surface area contributed by atoms with Crippen LogP contribution in [0.15, 0.2) is 0 Å². The first-order chi connectivity index (χ1) is 6.75. The molecule has 1 rings (SSSR count). The summed E-state index contributed by atoms with van der Waals surface area (Å²) in [7, 11) is 0. The minimum absolute atomic E-state index is 0.0226. The van der Waals surface area contributed by atoms with E-state index in [0.29, 0.717) is 19.8 Å². The number of hydrogen-bond acceptors (Lipinski definition) is 3. The van der Waals surface area contributed by atoms with Crippen molar-refractivity contribution in [1.82, 2.24) is 10.2 Å². The molecule has 0 aromatic heterocycles. The highest BCUT2D eigenvalue weighted by atomic mass is 16.5. The molecule has 1 saturated heterocycles. The van der Waals surface area contributed by atoms with Gasteiger partial charge in [0.25, 0.3) is 0 Å². The van der Waals surface area contributed by atoms with Crippen molar-refractivity contribution < 1.29 is 9.53 Å². The summed E-state index contributed by atoms with van der Waals surface area (Å²) in [5.41, 5.74) is 0. The van der Waals surface area contributed by atoms with Gasteiger partial charge in [-0.2, -0.15) is 0 Å². The van der Waals surface area contributed by atoms with Crippen molar-refractivity contribution in [2.75, 3.05) is 26.4 Å². The summed E-state index contributed by atoms with van der Waals surface area (Å²) in [5.74, 6) is 0.184. The maximum Gasteiger partial charge on any atom is 0.240 e. The zero-order valence-corrected chi connectivity index (χ0v) is 9.08. The molecule has 1 fully saturated rings. The minimum Gasteiger partial charge on any atom is -0.380 e.